The van der Waals surface area contributed by atoms with Crippen molar-refractivity contribution < 1.29 is 19.5 Å². The molecule has 0 saturated heterocycles. The molecule has 0 spiro atoms. The number of Topliss-reactive ketones (excluding diaryl/α,β-unsaturated/α-hetero) is 2. The molecule has 1 N–H and O–H groups in total. The number of carbonyl (C=O) groups excluding carboxylic acids is 2. The van der Waals surface area contributed by atoms with Gasteiger partial charge in [0.25, 0.3) is 0 Å². The van der Waals surface area contributed by atoms with E-state index in [-0.39, 0.29) is 22.5 Å². The number of para-hydroxylation sites is 2. The van der Waals surface area contributed by atoms with Gasteiger partial charge in [-0.3, -0.25) is 9.59 Å². The van der Waals surface area contributed by atoms with E-state index in [1.54, 1.807) is 6.08 Å². The highest BCUT2D eigenvalue weighted by molar-refractivity contribution is 7.17. The van der Waals surface area contributed by atoms with Crippen LogP contribution in [0.3, 0.4) is 0 Å². The van der Waals surface area contributed by atoms with Gasteiger partial charge in [0, 0.05) is 16.3 Å². The Hall–Kier alpha value is -4.36. The number of aromatic nitrogens is 1. The third-order valence-electron chi connectivity index (χ3n) is 5.21. The van der Waals surface area contributed by atoms with Crippen LogP contribution in [-0.2, 0) is 0 Å². The number of pyridine rings is 1. The molecule has 4 aromatic rings. The van der Waals surface area contributed by atoms with Crippen LogP contribution < -0.4 is 4.90 Å². The minimum Gasteiger partial charge on any atom is -0.477 e. The molecule has 0 aliphatic heterocycles. The van der Waals surface area contributed by atoms with E-state index < -0.39 is 17.5 Å². The van der Waals surface area contributed by atoms with E-state index in [1.165, 1.54) is 23.5 Å². The Bertz CT molecular complexity index is 1390. The van der Waals surface area contributed by atoms with Crippen LogP contribution in [0.25, 0.3) is 6.08 Å². The van der Waals surface area contributed by atoms with Gasteiger partial charge in [-0.05, 0) is 54.6 Å². The quantitative estimate of drug-likeness (QED) is 0.305. The van der Waals surface area contributed by atoms with Gasteiger partial charge in [-0.25, -0.2) is 9.78 Å². The Morgan fingerprint density at radius 1 is 0.818 bits per heavy atom. The highest BCUT2D eigenvalue weighted by Crippen LogP contribution is 2.39. The fourth-order valence-electron chi connectivity index (χ4n) is 3.68. The number of nitrogens with zero attached hydrogens (tertiary/aromatic N) is 2. The number of carboxylic acids is 1. The van der Waals surface area contributed by atoms with Gasteiger partial charge in [0.05, 0.1) is 11.1 Å². The number of anilines is 3. The van der Waals surface area contributed by atoms with Crippen molar-refractivity contribution in [2.75, 3.05) is 4.90 Å². The molecular weight excluding hydrogens is 436 g/mol. The van der Waals surface area contributed by atoms with Crippen LogP contribution in [0, 0.1) is 0 Å². The average molecular weight is 452 g/mol. The number of carboxylic acid groups (broad SMARTS) is 1. The van der Waals surface area contributed by atoms with Crippen LogP contribution in [-0.4, -0.2) is 27.6 Å². The Morgan fingerprint density at radius 2 is 1.45 bits per heavy atom. The molecular formula is C26H16N2O4S. The summed E-state index contributed by atoms with van der Waals surface area (Å²) < 4.78 is 0. The Morgan fingerprint density at radius 3 is 2.06 bits per heavy atom. The third kappa shape index (κ3) is 3.75. The van der Waals surface area contributed by atoms with Crippen LogP contribution in [0.2, 0.25) is 0 Å². The number of rotatable bonds is 5. The summed E-state index contributed by atoms with van der Waals surface area (Å²) in [6.07, 6.45) is 1.55. The highest BCUT2D eigenvalue weighted by atomic mass is 32.1. The number of hydrogen-bond acceptors (Lipinski definition) is 6. The van der Waals surface area contributed by atoms with E-state index in [4.69, 9.17) is 5.11 Å². The topological polar surface area (TPSA) is 87.6 Å². The molecule has 0 radical (unpaired) electrons. The van der Waals surface area contributed by atoms with Crippen LogP contribution in [0.1, 0.15) is 36.2 Å². The summed E-state index contributed by atoms with van der Waals surface area (Å²) in [5, 5.41) is 10.1. The first-order valence-electron chi connectivity index (χ1n) is 10.1. The zero-order valence-corrected chi connectivity index (χ0v) is 18.0. The first-order valence-corrected chi connectivity index (χ1v) is 10.9. The number of aromatic carboxylic acids is 1. The lowest BCUT2D eigenvalue weighted by Gasteiger charge is -2.23. The maximum atomic E-state index is 12.8. The molecule has 1 aliphatic carbocycles. The number of benzene rings is 2. The molecule has 0 amide bonds. The Kier molecular flexibility index (Phi) is 5.16. The van der Waals surface area contributed by atoms with Crippen LogP contribution in [0.4, 0.5) is 16.4 Å². The molecule has 6 nitrogen and oxygen atoms in total. The summed E-state index contributed by atoms with van der Waals surface area (Å²) in [7, 11) is 0. The lowest BCUT2D eigenvalue weighted by Crippen LogP contribution is -2.07. The number of thiophene rings is 1. The van der Waals surface area contributed by atoms with Crippen molar-refractivity contribution in [2.45, 2.75) is 0 Å². The SMILES string of the molecule is O=C(O)c1ccc2c(n1)C(=O)/C(=C\c1ccc(N(c3ccccc3)c3ccccc3)s1)C2=O. The van der Waals surface area contributed by atoms with Crippen LogP contribution in [0.15, 0.2) is 90.5 Å². The number of ketones is 2. The summed E-state index contributed by atoms with van der Waals surface area (Å²) >= 11 is 1.44. The summed E-state index contributed by atoms with van der Waals surface area (Å²) in [6, 6.07) is 26.2. The Balaban J connectivity index is 1.52. The van der Waals surface area contributed by atoms with Gasteiger partial charge in [0.15, 0.2) is 5.78 Å². The van der Waals surface area contributed by atoms with Gasteiger partial charge in [0.1, 0.15) is 16.4 Å². The molecule has 5 rings (SSSR count). The molecule has 0 fully saturated rings. The zero-order chi connectivity index (χ0) is 22.9. The highest BCUT2D eigenvalue weighted by Gasteiger charge is 2.35. The first-order chi connectivity index (χ1) is 16.0. The van der Waals surface area contributed by atoms with Gasteiger partial charge < -0.3 is 10.0 Å². The van der Waals surface area contributed by atoms with E-state index in [1.807, 2.05) is 72.8 Å². The molecule has 1 aliphatic rings. The van der Waals surface area contributed by atoms with Gasteiger partial charge in [-0.1, -0.05) is 36.4 Å². The second-order valence-corrected chi connectivity index (χ2v) is 8.39. The lowest BCUT2D eigenvalue weighted by molar-refractivity contribution is 0.0690. The monoisotopic (exact) mass is 452 g/mol. The van der Waals surface area contributed by atoms with Crippen molar-refractivity contribution in [2.24, 2.45) is 0 Å². The molecule has 2 aromatic carbocycles. The predicted molar refractivity (Wildman–Crippen MR) is 127 cm³/mol. The number of allylic oxidation sites excluding steroid dienone is 1. The smallest absolute Gasteiger partial charge is 0.354 e. The standard InChI is InChI=1S/C26H16N2O4S/c29-24-19-12-13-21(26(31)32)27-23(19)25(30)20(24)15-18-11-14-22(33-18)28(16-7-3-1-4-8-16)17-9-5-2-6-10-17/h1-15H,(H,31,32)/b20-15-. The van der Waals surface area contributed by atoms with Crippen molar-refractivity contribution in [3.8, 4) is 0 Å². The zero-order valence-electron chi connectivity index (χ0n) is 17.1. The summed E-state index contributed by atoms with van der Waals surface area (Å²) in [4.78, 5) is 43.5. The van der Waals surface area contributed by atoms with Crippen molar-refractivity contribution in [1.29, 1.82) is 0 Å². The normalized spacial score (nSPS) is 13.9. The second kappa shape index (κ2) is 8.29. The number of fused-ring (bicyclic) bond motifs is 1. The fraction of sp³-hybridized carbons (Fsp3) is 0. The molecule has 160 valence electrons. The summed E-state index contributed by atoms with van der Waals surface area (Å²) in [5.41, 5.74) is 1.70. The molecule has 2 aromatic heterocycles. The minimum absolute atomic E-state index is 0.0144. The molecule has 7 heteroatoms. The first kappa shape index (κ1) is 20.5. The van der Waals surface area contributed by atoms with E-state index in [0.29, 0.717) is 0 Å². The summed E-state index contributed by atoms with van der Waals surface area (Å²) in [6.45, 7) is 0. The fourth-order valence-corrected chi connectivity index (χ4v) is 4.67. The van der Waals surface area contributed by atoms with E-state index >= 15 is 0 Å². The van der Waals surface area contributed by atoms with Crippen molar-refractivity contribution in [3.05, 3.63) is 112 Å². The molecule has 0 bridgehead atoms. The maximum absolute atomic E-state index is 12.8. The van der Waals surface area contributed by atoms with Gasteiger partial charge in [-0.15, -0.1) is 11.3 Å². The largest absolute Gasteiger partial charge is 0.477 e. The Labute approximate surface area is 193 Å². The van der Waals surface area contributed by atoms with Crippen LogP contribution >= 0.6 is 11.3 Å². The van der Waals surface area contributed by atoms with Gasteiger partial charge in [-0.2, -0.15) is 0 Å². The van der Waals surface area contributed by atoms with Crippen molar-refractivity contribution >= 4 is 51.3 Å². The number of hydrogen-bond donors (Lipinski definition) is 1. The summed E-state index contributed by atoms with van der Waals surface area (Å²) in [5.74, 6) is -2.26. The number of carbonyl (C=O) groups is 3. The molecule has 0 atom stereocenters. The molecule has 2 heterocycles. The van der Waals surface area contributed by atoms with Crippen molar-refractivity contribution in [3.63, 3.8) is 0 Å². The van der Waals surface area contributed by atoms with Crippen molar-refractivity contribution in [1.82, 2.24) is 4.98 Å². The molecule has 0 unspecified atom stereocenters. The maximum Gasteiger partial charge on any atom is 0.354 e. The van der Waals surface area contributed by atoms with Gasteiger partial charge >= 0.3 is 5.97 Å². The molecule has 33 heavy (non-hydrogen) atoms. The van der Waals surface area contributed by atoms with E-state index in [2.05, 4.69) is 9.88 Å². The van der Waals surface area contributed by atoms with Crippen LogP contribution in [0.5, 0.6) is 0 Å². The predicted octanol–water partition coefficient (Wildman–Crippen LogP) is 5.77. The third-order valence-corrected chi connectivity index (χ3v) is 6.23. The van der Waals surface area contributed by atoms with Gasteiger partial charge in [0.2, 0.25) is 5.78 Å². The minimum atomic E-state index is -1.25. The van der Waals surface area contributed by atoms with E-state index in [0.717, 1.165) is 21.3 Å². The second-order valence-electron chi connectivity index (χ2n) is 7.30. The lowest BCUT2D eigenvalue weighted by atomic mass is 10.1. The molecule has 0 saturated carbocycles. The van der Waals surface area contributed by atoms with E-state index in [9.17, 15) is 14.4 Å². The average Bonchev–Trinajstić information content (AvgIpc) is 3.39.